The van der Waals surface area contributed by atoms with Crippen LogP contribution in [-0.4, -0.2) is 61.6 Å². The second-order valence-electron chi connectivity index (χ2n) is 5.48. The van der Waals surface area contributed by atoms with E-state index in [0.29, 0.717) is 19.1 Å². The van der Waals surface area contributed by atoms with Crippen LogP contribution in [0, 0.1) is 0 Å². The van der Waals surface area contributed by atoms with Gasteiger partial charge in [-0.05, 0) is 38.8 Å². The molecule has 0 aromatic carbocycles. The lowest BCUT2D eigenvalue weighted by molar-refractivity contribution is -0.139. The molecule has 0 unspecified atom stereocenters. The Morgan fingerprint density at radius 1 is 1.15 bits per heavy atom. The van der Waals surface area contributed by atoms with E-state index >= 15 is 0 Å². The first-order valence-corrected chi connectivity index (χ1v) is 7.62. The molecular weight excluding hydrogens is 258 g/mol. The molecule has 0 bridgehead atoms. The molecule has 2 rings (SSSR count). The molecule has 0 aromatic rings. The summed E-state index contributed by atoms with van der Waals surface area (Å²) in [5.74, 6) is -1.09. The molecule has 6 nitrogen and oxygen atoms in total. The van der Waals surface area contributed by atoms with Crippen molar-refractivity contribution in [3.05, 3.63) is 0 Å². The number of nitrogens with zero attached hydrogens (tertiary/aromatic N) is 1. The van der Waals surface area contributed by atoms with Gasteiger partial charge in [0.1, 0.15) is 0 Å². The summed E-state index contributed by atoms with van der Waals surface area (Å²) in [6, 6.07) is 0.370. The number of hydrogen-bond donors (Lipinski definition) is 2. The molecule has 0 radical (unpaired) electrons. The minimum atomic E-state index is -0.554. The van der Waals surface area contributed by atoms with Crippen molar-refractivity contribution in [2.24, 2.45) is 0 Å². The van der Waals surface area contributed by atoms with E-state index < -0.39 is 11.8 Å². The third-order valence-electron chi connectivity index (χ3n) is 4.12. The lowest BCUT2D eigenvalue weighted by Gasteiger charge is -2.22. The monoisotopic (exact) mass is 283 g/mol. The fourth-order valence-electron chi connectivity index (χ4n) is 2.93. The van der Waals surface area contributed by atoms with Crippen LogP contribution < -0.4 is 10.6 Å². The van der Waals surface area contributed by atoms with E-state index in [1.54, 1.807) is 0 Å². The van der Waals surface area contributed by atoms with Crippen molar-refractivity contribution in [1.29, 1.82) is 0 Å². The van der Waals surface area contributed by atoms with Gasteiger partial charge in [0.15, 0.2) is 0 Å². The molecule has 20 heavy (non-hydrogen) atoms. The van der Waals surface area contributed by atoms with Crippen LogP contribution in [0.3, 0.4) is 0 Å². The van der Waals surface area contributed by atoms with Crippen molar-refractivity contribution in [3.63, 3.8) is 0 Å². The Hall–Kier alpha value is -1.14. The zero-order chi connectivity index (χ0) is 14.4. The summed E-state index contributed by atoms with van der Waals surface area (Å²) in [7, 11) is 0. The summed E-state index contributed by atoms with van der Waals surface area (Å²) < 4.78 is 5.40. The smallest absolute Gasteiger partial charge is 0.309 e. The van der Waals surface area contributed by atoms with Gasteiger partial charge in [-0.1, -0.05) is 6.92 Å². The van der Waals surface area contributed by atoms with Crippen molar-refractivity contribution in [1.82, 2.24) is 15.5 Å². The van der Waals surface area contributed by atoms with Crippen LogP contribution in [0.4, 0.5) is 0 Å². The van der Waals surface area contributed by atoms with Gasteiger partial charge >= 0.3 is 11.8 Å². The molecule has 2 N–H and O–H groups in total. The lowest BCUT2D eigenvalue weighted by atomic mass is 10.2. The van der Waals surface area contributed by atoms with E-state index in [1.165, 1.54) is 6.42 Å². The van der Waals surface area contributed by atoms with Gasteiger partial charge in [-0.2, -0.15) is 0 Å². The van der Waals surface area contributed by atoms with Crippen molar-refractivity contribution >= 4 is 11.8 Å². The molecule has 114 valence electrons. The first-order valence-electron chi connectivity index (χ1n) is 7.62. The molecule has 2 aliphatic rings. The first-order chi connectivity index (χ1) is 9.70. The Labute approximate surface area is 120 Å². The molecule has 0 spiro atoms. The van der Waals surface area contributed by atoms with Gasteiger partial charge in [-0.15, -0.1) is 0 Å². The van der Waals surface area contributed by atoms with E-state index in [0.717, 1.165) is 39.0 Å². The quantitative estimate of drug-likeness (QED) is 0.690. The summed E-state index contributed by atoms with van der Waals surface area (Å²) in [5.41, 5.74) is 0. The molecule has 6 heteroatoms. The zero-order valence-electron chi connectivity index (χ0n) is 12.2. The molecule has 2 atom stereocenters. The van der Waals surface area contributed by atoms with Gasteiger partial charge in [-0.25, -0.2) is 0 Å². The van der Waals surface area contributed by atoms with E-state index in [2.05, 4.69) is 22.5 Å². The Morgan fingerprint density at radius 2 is 1.90 bits per heavy atom. The normalized spacial score (nSPS) is 26.6. The molecular formula is C14H25N3O3. The molecule has 2 heterocycles. The van der Waals surface area contributed by atoms with E-state index in [4.69, 9.17) is 4.74 Å². The van der Waals surface area contributed by atoms with Gasteiger partial charge in [0.2, 0.25) is 0 Å². The van der Waals surface area contributed by atoms with Crippen LogP contribution in [0.2, 0.25) is 0 Å². The SMILES string of the molecule is CCN1CCC[C@@H]1CNC(=O)C(=O)NC[C@H]1CCCO1. The number of amides is 2. The summed E-state index contributed by atoms with van der Waals surface area (Å²) in [6.45, 7) is 5.93. The standard InChI is InChI=1S/C14H25N3O3/c1-2-17-7-3-5-11(17)9-15-13(18)14(19)16-10-12-6-4-8-20-12/h11-12H,2-10H2,1H3,(H,15,18)(H,16,19)/t11-,12-/m1/s1. The summed E-state index contributed by atoms with van der Waals surface area (Å²) in [5, 5.41) is 5.37. The summed E-state index contributed by atoms with van der Waals surface area (Å²) >= 11 is 0. The highest BCUT2D eigenvalue weighted by Crippen LogP contribution is 2.15. The van der Waals surface area contributed by atoms with Crippen LogP contribution in [-0.2, 0) is 14.3 Å². The lowest BCUT2D eigenvalue weighted by Crippen LogP contribution is -2.46. The highest BCUT2D eigenvalue weighted by atomic mass is 16.5. The van der Waals surface area contributed by atoms with Crippen LogP contribution in [0.15, 0.2) is 0 Å². The van der Waals surface area contributed by atoms with Crippen LogP contribution in [0.1, 0.15) is 32.6 Å². The van der Waals surface area contributed by atoms with Gasteiger partial charge in [0.25, 0.3) is 0 Å². The second-order valence-corrected chi connectivity index (χ2v) is 5.48. The number of rotatable bonds is 5. The largest absolute Gasteiger partial charge is 0.376 e. The number of hydrogen-bond acceptors (Lipinski definition) is 4. The highest BCUT2D eigenvalue weighted by Gasteiger charge is 2.24. The van der Waals surface area contributed by atoms with Crippen LogP contribution in [0.5, 0.6) is 0 Å². The minimum absolute atomic E-state index is 0.0668. The molecule has 2 saturated heterocycles. The number of nitrogens with one attached hydrogen (secondary N) is 2. The van der Waals surface area contributed by atoms with Gasteiger partial charge in [0, 0.05) is 25.7 Å². The predicted octanol–water partition coefficient (Wildman–Crippen LogP) is -0.118. The molecule has 2 amide bonds. The number of carbonyl (C=O) groups is 2. The predicted molar refractivity (Wildman–Crippen MR) is 75.3 cm³/mol. The van der Waals surface area contributed by atoms with E-state index in [-0.39, 0.29) is 6.10 Å². The minimum Gasteiger partial charge on any atom is -0.376 e. The molecule has 0 aromatic heterocycles. The highest BCUT2D eigenvalue weighted by molar-refractivity contribution is 6.35. The van der Waals surface area contributed by atoms with Crippen molar-refractivity contribution in [2.75, 3.05) is 32.8 Å². The van der Waals surface area contributed by atoms with Crippen molar-refractivity contribution in [2.45, 2.75) is 44.8 Å². The van der Waals surface area contributed by atoms with E-state index in [9.17, 15) is 9.59 Å². The topological polar surface area (TPSA) is 70.7 Å². The van der Waals surface area contributed by atoms with Crippen molar-refractivity contribution in [3.8, 4) is 0 Å². The zero-order valence-corrected chi connectivity index (χ0v) is 12.2. The summed E-state index contributed by atoms with van der Waals surface area (Å²) in [6.07, 6.45) is 4.30. The maximum atomic E-state index is 11.7. The third-order valence-corrected chi connectivity index (χ3v) is 4.12. The fraction of sp³-hybridized carbons (Fsp3) is 0.857. The molecule has 2 aliphatic heterocycles. The van der Waals surface area contributed by atoms with Crippen LogP contribution in [0.25, 0.3) is 0 Å². The number of likely N-dealkylation sites (N-methyl/N-ethyl adjacent to an activating group) is 1. The van der Waals surface area contributed by atoms with E-state index in [1.807, 2.05) is 0 Å². The van der Waals surface area contributed by atoms with Gasteiger partial charge in [-0.3, -0.25) is 14.5 Å². The number of ether oxygens (including phenoxy) is 1. The third kappa shape index (κ3) is 4.18. The maximum Gasteiger partial charge on any atom is 0.309 e. The van der Waals surface area contributed by atoms with Gasteiger partial charge in [0.05, 0.1) is 6.10 Å². The Morgan fingerprint density at radius 3 is 2.55 bits per heavy atom. The Kier molecular flexibility index (Phi) is 5.79. The maximum absolute atomic E-state index is 11.7. The molecule has 0 aliphatic carbocycles. The second kappa shape index (κ2) is 7.59. The molecule has 0 saturated carbocycles. The summed E-state index contributed by atoms with van der Waals surface area (Å²) in [4.78, 5) is 25.7. The average molecular weight is 283 g/mol. The number of likely N-dealkylation sites (tertiary alicyclic amines) is 1. The Balaban J connectivity index is 1.64. The van der Waals surface area contributed by atoms with Crippen molar-refractivity contribution < 1.29 is 14.3 Å². The first kappa shape index (κ1) is 15.3. The molecule has 2 fully saturated rings. The number of carbonyl (C=O) groups excluding carboxylic acids is 2. The average Bonchev–Trinajstić information content (AvgIpc) is 3.12. The fourth-order valence-corrected chi connectivity index (χ4v) is 2.93. The van der Waals surface area contributed by atoms with Crippen LogP contribution >= 0.6 is 0 Å². The Bertz CT molecular complexity index is 343. The van der Waals surface area contributed by atoms with Gasteiger partial charge < -0.3 is 15.4 Å².